The largest absolute Gasteiger partial charge is 0.465 e. The van der Waals surface area contributed by atoms with Crippen LogP contribution < -0.4 is 5.32 Å². The van der Waals surface area contributed by atoms with Crippen molar-refractivity contribution in [2.75, 3.05) is 0 Å². The number of nitrogens with one attached hydrogen (secondary N) is 1. The highest BCUT2D eigenvalue weighted by Crippen LogP contribution is 2.34. The molecule has 0 aliphatic heterocycles. The van der Waals surface area contributed by atoms with E-state index in [4.69, 9.17) is 9.63 Å². The van der Waals surface area contributed by atoms with Crippen LogP contribution in [0.15, 0.2) is 28.8 Å². The molecule has 1 atom stereocenters. The summed E-state index contributed by atoms with van der Waals surface area (Å²) in [5, 5.41) is 15.4. The summed E-state index contributed by atoms with van der Waals surface area (Å²) in [7, 11) is 0. The maximum atomic E-state index is 10.8. The third-order valence-corrected chi connectivity index (χ3v) is 3.72. The number of amides is 1. The molecular weight excluding hydrogens is 256 g/mol. The molecule has 1 heterocycles. The van der Waals surface area contributed by atoms with E-state index in [-0.39, 0.29) is 6.04 Å². The van der Waals surface area contributed by atoms with Crippen LogP contribution in [-0.2, 0) is 12.8 Å². The quantitative estimate of drug-likeness (QED) is 0.900. The van der Waals surface area contributed by atoms with E-state index in [0.29, 0.717) is 0 Å². The lowest BCUT2D eigenvalue weighted by atomic mass is 10.0. The Morgan fingerprint density at radius 2 is 2.35 bits per heavy atom. The molecule has 2 aromatic rings. The summed E-state index contributed by atoms with van der Waals surface area (Å²) in [5.74, 6) is 0.867. The van der Waals surface area contributed by atoms with Crippen molar-refractivity contribution in [2.45, 2.75) is 32.2 Å². The van der Waals surface area contributed by atoms with Gasteiger partial charge in [0.1, 0.15) is 11.5 Å². The van der Waals surface area contributed by atoms with E-state index in [1.54, 1.807) is 0 Å². The number of aromatic nitrogens is 1. The fourth-order valence-electron chi connectivity index (χ4n) is 2.69. The molecule has 0 saturated carbocycles. The molecule has 104 valence electrons. The first kappa shape index (κ1) is 12.7. The second-order valence-electron chi connectivity index (χ2n) is 4.99. The zero-order valence-electron chi connectivity index (χ0n) is 11.2. The molecule has 0 radical (unpaired) electrons. The highest BCUT2D eigenvalue weighted by molar-refractivity contribution is 5.66. The Morgan fingerprint density at radius 3 is 3.05 bits per heavy atom. The smallest absolute Gasteiger partial charge is 0.405 e. The van der Waals surface area contributed by atoms with E-state index in [9.17, 15) is 4.79 Å². The molecule has 2 N–H and O–H groups in total. The van der Waals surface area contributed by atoms with Gasteiger partial charge in [-0.3, -0.25) is 0 Å². The molecule has 5 nitrogen and oxygen atoms in total. The second kappa shape index (κ2) is 5.00. The van der Waals surface area contributed by atoms with Crippen LogP contribution in [0.3, 0.4) is 0 Å². The van der Waals surface area contributed by atoms with Crippen LogP contribution in [-0.4, -0.2) is 16.4 Å². The van der Waals surface area contributed by atoms with E-state index in [0.717, 1.165) is 41.8 Å². The van der Waals surface area contributed by atoms with Gasteiger partial charge in [-0.05, 0) is 30.0 Å². The molecule has 1 aromatic heterocycles. The molecule has 5 heteroatoms. The predicted octanol–water partition coefficient (Wildman–Crippen LogP) is 3.16. The average Bonchev–Trinajstić information content (AvgIpc) is 3.05. The van der Waals surface area contributed by atoms with Gasteiger partial charge in [-0.2, -0.15) is 0 Å². The van der Waals surface area contributed by atoms with Gasteiger partial charge in [-0.25, -0.2) is 4.79 Å². The van der Waals surface area contributed by atoms with E-state index >= 15 is 0 Å². The minimum atomic E-state index is -0.976. The lowest BCUT2D eigenvalue weighted by molar-refractivity contribution is 0.190. The Hall–Kier alpha value is -2.30. The maximum Gasteiger partial charge on any atom is 0.405 e. The van der Waals surface area contributed by atoms with Gasteiger partial charge in [0.05, 0.1) is 6.04 Å². The molecule has 0 saturated heterocycles. The number of fused-ring (bicyclic) bond motifs is 1. The van der Waals surface area contributed by atoms with Crippen molar-refractivity contribution < 1.29 is 14.4 Å². The number of carboxylic acid groups (broad SMARTS) is 1. The standard InChI is InChI=1S/C15H16N2O3/c1-2-11-8-14(17-20-11)10-3-5-12-9(7-10)4-6-13(12)16-15(18)19/h3,5,7-8,13,16H,2,4,6H2,1H3,(H,18,19)/t13-/m1/s1. The third kappa shape index (κ3) is 2.27. The molecule has 1 aliphatic carbocycles. The van der Waals surface area contributed by atoms with Crippen LogP contribution >= 0.6 is 0 Å². The Labute approximate surface area is 116 Å². The summed E-state index contributed by atoms with van der Waals surface area (Å²) in [6, 6.07) is 7.89. The lowest BCUT2D eigenvalue weighted by Gasteiger charge is -2.11. The molecule has 0 bridgehead atoms. The summed E-state index contributed by atoms with van der Waals surface area (Å²) in [6.07, 6.45) is 1.54. The van der Waals surface area contributed by atoms with E-state index in [1.807, 2.05) is 25.1 Å². The summed E-state index contributed by atoms with van der Waals surface area (Å²) in [5.41, 5.74) is 4.10. The first-order chi connectivity index (χ1) is 9.67. The number of hydrogen-bond donors (Lipinski definition) is 2. The number of nitrogens with zero attached hydrogens (tertiary/aromatic N) is 1. The molecule has 3 rings (SSSR count). The molecule has 1 amide bonds. The summed E-state index contributed by atoms with van der Waals surface area (Å²) in [6.45, 7) is 2.02. The van der Waals surface area contributed by atoms with Gasteiger partial charge in [0.25, 0.3) is 0 Å². The fraction of sp³-hybridized carbons (Fsp3) is 0.333. The van der Waals surface area contributed by atoms with Crippen LogP contribution in [0.4, 0.5) is 4.79 Å². The minimum Gasteiger partial charge on any atom is -0.465 e. The number of carbonyl (C=O) groups is 1. The molecule has 0 unspecified atom stereocenters. The Morgan fingerprint density at radius 1 is 1.50 bits per heavy atom. The summed E-state index contributed by atoms with van der Waals surface area (Å²) < 4.78 is 5.22. The van der Waals surface area contributed by atoms with Crippen molar-refractivity contribution in [1.82, 2.24) is 10.5 Å². The molecule has 0 fully saturated rings. The Balaban J connectivity index is 1.89. The van der Waals surface area contributed by atoms with Crippen LogP contribution in [0.5, 0.6) is 0 Å². The number of aryl methyl sites for hydroxylation is 2. The maximum absolute atomic E-state index is 10.8. The highest BCUT2D eigenvalue weighted by atomic mass is 16.5. The predicted molar refractivity (Wildman–Crippen MR) is 73.5 cm³/mol. The second-order valence-corrected chi connectivity index (χ2v) is 4.99. The van der Waals surface area contributed by atoms with E-state index < -0.39 is 6.09 Å². The van der Waals surface area contributed by atoms with Crippen LogP contribution in [0, 0.1) is 0 Å². The summed E-state index contributed by atoms with van der Waals surface area (Å²) >= 11 is 0. The molecular formula is C15H16N2O3. The first-order valence-electron chi connectivity index (χ1n) is 6.75. The summed E-state index contributed by atoms with van der Waals surface area (Å²) in [4.78, 5) is 10.8. The van der Waals surface area contributed by atoms with Gasteiger partial charge in [0.2, 0.25) is 0 Å². The molecule has 0 spiro atoms. The number of hydrogen-bond acceptors (Lipinski definition) is 3. The van der Waals surface area contributed by atoms with Crippen molar-refractivity contribution >= 4 is 6.09 Å². The van der Waals surface area contributed by atoms with Gasteiger partial charge in [-0.1, -0.05) is 24.2 Å². The highest BCUT2D eigenvalue weighted by Gasteiger charge is 2.24. The Bertz CT molecular complexity index is 648. The van der Waals surface area contributed by atoms with E-state index in [1.165, 1.54) is 5.56 Å². The van der Waals surface area contributed by atoms with Gasteiger partial charge < -0.3 is 14.9 Å². The Kier molecular flexibility index (Phi) is 3.18. The molecule has 20 heavy (non-hydrogen) atoms. The van der Waals surface area contributed by atoms with Crippen molar-refractivity contribution in [1.29, 1.82) is 0 Å². The zero-order chi connectivity index (χ0) is 14.1. The topological polar surface area (TPSA) is 75.4 Å². The van der Waals surface area contributed by atoms with Crippen LogP contribution in [0.25, 0.3) is 11.3 Å². The van der Waals surface area contributed by atoms with Gasteiger partial charge in [0.15, 0.2) is 0 Å². The fourth-order valence-corrected chi connectivity index (χ4v) is 2.69. The van der Waals surface area contributed by atoms with Gasteiger partial charge in [0, 0.05) is 18.1 Å². The number of rotatable bonds is 3. The van der Waals surface area contributed by atoms with Gasteiger partial charge >= 0.3 is 6.09 Å². The lowest BCUT2D eigenvalue weighted by Crippen LogP contribution is -2.24. The third-order valence-electron chi connectivity index (χ3n) is 3.72. The van der Waals surface area contributed by atoms with Gasteiger partial charge in [-0.15, -0.1) is 0 Å². The van der Waals surface area contributed by atoms with Crippen molar-refractivity contribution in [2.24, 2.45) is 0 Å². The number of benzene rings is 1. The average molecular weight is 272 g/mol. The SMILES string of the molecule is CCc1cc(-c2ccc3c(c2)CC[C@H]3NC(=O)O)no1. The molecule has 1 aliphatic rings. The molecule has 1 aromatic carbocycles. The van der Waals surface area contributed by atoms with Crippen molar-refractivity contribution in [3.05, 3.63) is 41.2 Å². The zero-order valence-corrected chi connectivity index (χ0v) is 11.2. The van der Waals surface area contributed by atoms with Crippen LogP contribution in [0.1, 0.15) is 36.3 Å². The normalized spacial score (nSPS) is 16.9. The van der Waals surface area contributed by atoms with E-state index in [2.05, 4.69) is 16.5 Å². The van der Waals surface area contributed by atoms with Crippen molar-refractivity contribution in [3.63, 3.8) is 0 Å². The monoisotopic (exact) mass is 272 g/mol. The first-order valence-corrected chi connectivity index (χ1v) is 6.75. The van der Waals surface area contributed by atoms with Crippen LogP contribution in [0.2, 0.25) is 0 Å². The van der Waals surface area contributed by atoms with Crippen molar-refractivity contribution in [3.8, 4) is 11.3 Å². The minimum absolute atomic E-state index is 0.0972.